The molecule has 0 aliphatic carbocycles. The average molecular weight is 805 g/mol. The van der Waals surface area contributed by atoms with Gasteiger partial charge in [-0.15, -0.1) is 0 Å². The van der Waals surface area contributed by atoms with E-state index >= 15 is 0 Å². The normalized spacial score (nSPS) is 15.8. The molecule has 314 valence electrons. The second kappa shape index (κ2) is 19.3. The molecule has 0 unspecified atom stereocenters. The fourth-order valence-electron chi connectivity index (χ4n) is 8.05. The van der Waals surface area contributed by atoms with Crippen LogP contribution >= 0.6 is 0 Å². The second-order valence-corrected chi connectivity index (χ2v) is 17.8. The Morgan fingerprint density at radius 2 is 1.36 bits per heavy atom. The molecule has 0 saturated carbocycles. The van der Waals surface area contributed by atoms with Gasteiger partial charge in [-0.25, -0.2) is 9.59 Å². The summed E-state index contributed by atoms with van der Waals surface area (Å²) in [6.07, 6.45) is 1.72. The molecule has 5 amide bonds. The molecule has 12 heteroatoms. The molecule has 1 fully saturated rings. The highest BCUT2D eigenvalue weighted by Crippen LogP contribution is 2.30. The molecule has 4 aromatic rings. The van der Waals surface area contributed by atoms with Gasteiger partial charge >= 0.3 is 12.1 Å². The maximum absolute atomic E-state index is 14.6. The number of aliphatic hydroxyl groups excluding tert-OH is 1. The van der Waals surface area contributed by atoms with E-state index in [4.69, 9.17) is 0 Å². The molecule has 5 rings (SSSR count). The second-order valence-electron chi connectivity index (χ2n) is 17.8. The minimum Gasteiger partial charge on any atom is -0.465 e. The summed E-state index contributed by atoms with van der Waals surface area (Å²) in [5.41, 5.74) is 3.28. The van der Waals surface area contributed by atoms with Gasteiger partial charge in [-0.2, -0.15) is 0 Å². The first-order valence-corrected chi connectivity index (χ1v) is 20.3. The molecule has 1 aliphatic rings. The van der Waals surface area contributed by atoms with E-state index in [-0.39, 0.29) is 24.8 Å². The Hall–Kier alpha value is -5.75. The molecule has 3 aromatic carbocycles. The molecule has 59 heavy (non-hydrogen) atoms. The van der Waals surface area contributed by atoms with Crippen molar-refractivity contribution in [3.05, 3.63) is 126 Å². The topological polar surface area (TPSA) is 155 Å². The third-order valence-electron chi connectivity index (χ3n) is 10.9. The van der Waals surface area contributed by atoms with Crippen LogP contribution in [0.5, 0.6) is 0 Å². The number of nitrogens with zero attached hydrogens (tertiary/aromatic N) is 4. The van der Waals surface area contributed by atoms with E-state index in [1.165, 1.54) is 7.05 Å². The molecule has 0 radical (unpaired) electrons. The number of likely N-dealkylation sites (N-methyl/N-ethyl adjacent to an activating group) is 1. The molecule has 0 bridgehead atoms. The van der Waals surface area contributed by atoms with Crippen LogP contribution < -0.4 is 10.6 Å². The summed E-state index contributed by atoms with van der Waals surface area (Å²) in [6.45, 7) is 12.5. The molecule has 5 atom stereocenters. The molecule has 12 nitrogen and oxygen atoms in total. The number of hydrogen-bond donors (Lipinski definition) is 4. The van der Waals surface area contributed by atoms with Crippen LogP contribution in [0.1, 0.15) is 64.7 Å². The van der Waals surface area contributed by atoms with Gasteiger partial charge in [0.05, 0.1) is 12.1 Å². The first-order valence-electron chi connectivity index (χ1n) is 20.3. The number of nitrogens with one attached hydrogen (secondary N) is 2. The van der Waals surface area contributed by atoms with Gasteiger partial charge in [-0.1, -0.05) is 133 Å². The van der Waals surface area contributed by atoms with Crippen molar-refractivity contribution in [2.24, 2.45) is 10.8 Å². The number of rotatable bonds is 16. The summed E-state index contributed by atoms with van der Waals surface area (Å²) < 4.78 is 0. The van der Waals surface area contributed by atoms with Crippen molar-refractivity contribution < 1.29 is 29.4 Å². The summed E-state index contributed by atoms with van der Waals surface area (Å²) in [5.74, 6) is -0.870. The molecular weight excluding hydrogens is 745 g/mol. The van der Waals surface area contributed by atoms with Gasteiger partial charge in [0.15, 0.2) is 0 Å². The Morgan fingerprint density at radius 3 is 1.92 bits per heavy atom. The third kappa shape index (κ3) is 11.9. The zero-order valence-electron chi connectivity index (χ0n) is 35.3. The van der Waals surface area contributed by atoms with Crippen LogP contribution in [-0.2, 0) is 29.0 Å². The molecule has 4 N–H and O–H groups in total. The zero-order chi connectivity index (χ0) is 42.9. The Labute approximate surface area is 348 Å². The lowest BCUT2D eigenvalue weighted by molar-refractivity contribution is -0.131. The lowest BCUT2D eigenvalue weighted by Gasteiger charge is -2.38. The molecule has 1 aliphatic heterocycles. The summed E-state index contributed by atoms with van der Waals surface area (Å²) in [4.78, 5) is 63.3. The van der Waals surface area contributed by atoms with Gasteiger partial charge in [-0.05, 0) is 64.0 Å². The van der Waals surface area contributed by atoms with Crippen molar-refractivity contribution >= 4 is 23.9 Å². The molecular formula is C47H60N6O6. The van der Waals surface area contributed by atoms with E-state index in [9.17, 15) is 29.4 Å². The van der Waals surface area contributed by atoms with Crippen molar-refractivity contribution in [2.75, 3.05) is 20.1 Å². The predicted octanol–water partition coefficient (Wildman–Crippen LogP) is 6.63. The van der Waals surface area contributed by atoms with Gasteiger partial charge in [-0.3, -0.25) is 19.5 Å². The number of carbonyl (C=O) groups excluding carboxylic acids is 3. The van der Waals surface area contributed by atoms with Crippen molar-refractivity contribution in [1.29, 1.82) is 0 Å². The van der Waals surface area contributed by atoms with E-state index in [0.717, 1.165) is 32.7 Å². The minimum absolute atomic E-state index is 0.0548. The van der Waals surface area contributed by atoms with Crippen LogP contribution in [0.2, 0.25) is 0 Å². The van der Waals surface area contributed by atoms with Crippen LogP contribution in [0.25, 0.3) is 11.1 Å². The van der Waals surface area contributed by atoms with Crippen LogP contribution in [0, 0.1) is 10.8 Å². The number of amides is 5. The van der Waals surface area contributed by atoms with Gasteiger partial charge in [0.25, 0.3) is 0 Å². The smallest absolute Gasteiger partial charge is 0.407 e. The van der Waals surface area contributed by atoms with Gasteiger partial charge in [0, 0.05) is 45.1 Å². The lowest BCUT2D eigenvalue weighted by Crippen LogP contribution is -2.59. The number of hydrogen-bond acceptors (Lipinski definition) is 6. The quantitative estimate of drug-likeness (QED) is 0.0991. The van der Waals surface area contributed by atoms with Gasteiger partial charge < -0.3 is 30.6 Å². The van der Waals surface area contributed by atoms with Crippen LogP contribution in [0.15, 0.2) is 109 Å². The van der Waals surface area contributed by atoms with E-state index in [2.05, 4.69) is 15.6 Å². The highest BCUT2D eigenvalue weighted by atomic mass is 16.4. The average Bonchev–Trinajstić information content (AvgIpc) is 3.52. The van der Waals surface area contributed by atoms with Crippen molar-refractivity contribution in [3.63, 3.8) is 0 Å². The number of benzene rings is 3. The van der Waals surface area contributed by atoms with Crippen molar-refractivity contribution in [3.8, 4) is 11.1 Å². The maximum atomic E-state index is 14.6. The fourth-order valence-corrected chi connectivity index (χ4v) is 8.05. The number of aliphatic hydroxyl groups is 1. The first kappa shape index (κ1) is 44.4. The first-order chi connectivity index (χ1) is 27.9. The highest BCUT2D eigenvalue weighted by Gasteiger charge is 2.44. The van der Waals surface area contributed by atoms with Crippen LogP contribution in [-0.4, -0.2) is 104 Å². The Kier molecular flexibility index (Phi) is 14.5. The third-order valence-corrected chi connectivity index (χ3v) is 10.9. The van der Waals surface area contributed by atoms with E-state index in [0.29, 0.717) is 26.1 Å². The van der Waals surface area contributed by atoms with Crippen LogP contribution in [0.3, 0.4) is 0 Å². The number of aromatic nitrogens is 1. The van der Waals surface area contributed by atoms with Crippen molar-refractivity contribution in [1.82, 2.24) is 30.3 Å². The van der Waals surface area contributed by atoms with Crippen LogP contribution in [0.4, 0.5) is 9.59 Å². The van der Waals surface area contributed by atoms with E-state index in [1.54, 1.807) is 43.0 Å². The summed E-state index contributed by atoms with van der Waals surface area (Å²) in [5, 5.41) is 28.4. The van der Waals surface area contributed by atoms with E-state index in [1.807, 2.05) is 118 Å². The Balaban J connectivity index is 1.42. The monoisotopic (exact) mass is 804 g/mol. The fraction of sp³-hybridized carbons (Fsp3) is 0.426. The predicted molar refractivity (Wildman–Crippen MR) is 229 cm³/mol. The lowest BCUT2D eigenvalue weighted by atomic mass is 9.84. The van der Waals surface area contributed by atoms with Gasteiger partial charge in [0.1, 0.15) is 12.1 Å². The van der Waals surface area contributed by atoms with Gasteiger partial charge in [0.2, 0.25) is 11.8 Å². The maximum Gasteiger partial charge on any atom is 0.407 e. The Morgan fingerprint density at radius 1 is 0.746 bits per heavy atom. The number of carboxylic acid groups (broad SMARTS) is 1. The highest BCUT2D eigenvalue weighted by molar-refractivity contribution is 5.89. The molecule has 1 saturated heterocycles. The largest absolute Gasteiger partial charge is 0.465 e. The summed E-state index contributed by atoms with van der Waals surface area (Å²) in [6, 6.07) is 27.5. The number of urea groups is 1. The molecule has 1 aromatic heterocycles. The molecule has 0 spiro atoms. The SMILES string of the molecule is CN(C(=O)O)[C@H](C(=O)N[C@@H](Cc1ccc(-c2cccnc2)cc1)[C@H](O)C[C@H](Cc1ccccc1)NC(=O)[C@@H](N1CCN(Cc2ccccc2)C1=O)C(C)(C)C)C(C)(C)C. The molecule has 2 heterocycles. The zero-order valence-corrected chi connectivity index (χ0v) is 35.3. The summed E-state index contributed by atoms with van der Waals surface area (Å²) in [7, 11) is 1.36. The Bertz CT molecular complexity index is 2000. The van der Waals surface area contributed by atoms with E-state index < -0.39 is 53.1 Å². The standard InChI is InChI=1S/C47H60N6O6/c1-46(2,3)40(51(7)45(58)59)42(55)50-38(28-33-20-22-35(23-21-33)36-19-14-24-48-30-36)39(54)29-37(27-32-15-10-8-11-16-32)49-43(56)41(47(4,5)6)53-26-25-52(44(53)57)31-34-17-12-9-13-18-34/h8-24,30,37-41,54H,25-29,31H2,1-7H3,(H,49,56)(H,50,55)(H,58,59)/t37-,38-,39+,40+,41+/m0/s1. The summed E-state index contributed by atoms with van der Waals surface area (Å²) >= 11 is 0. The number of pyridine rings is 1. The minimum atomic E-state index is -1.25. The van der Waals surface area contributed by atoms with Crippen molar-refractivity contribution in [2.45, 2.75) is 97.6 Å². The number of carbonyl (C=O) groups is 4.